The molecule has 2 nitrogen and oxygen atoms in total. The summed E-state index contributed by atoms with van der Waals surface area (Å²) in [4.78, 5) is 2.52. The molecule has 0 N–H and O–H groups in total. The number of nitrogens with zero attached hydrogens (tertiary/aromatic N) is 2. The van der Waals surface area contributed by atoms with Gasteiger partial charge in [0.25, 0.3) is 0 Å². The van der Waals surface area contributed by atoms with Crippen LogP contribution in [0, 0.1) is 23.7 Å². The van der Waals surface area contributed by atoms with Gasteiger partial charge in [-0.25, -0.2) is 0 Å². The van der Waals surface area contributed by atoms with Crippen LogP contribution in [-0.2, 0) is 10.8 Å². The number of fused-ring (bicyclic) bond motifs is 6. The van der Waals surface area contributed by atoms with Gasteiger partial charge in [-0.05, 0) is 161 Å². The van der Waals surface area contributed by atoms with E-state index in [0.29, 0.717) is 11.8 Å². The summed E-state index contributed by atoms with van der Waals surface area (Å²) in [6, 6.07) is 83.0. The molecule has 1 heterocycles. The van der Waals surface area contributed by atoms with E-state index in [1.165, 1.54) is 92.6 Å². The Morgan fingerprint density at radius 3 is 1.51 bits per heavy atom. The highest BCUT2D eigenvalue weighted by atomic mass is 15.1. The molecule has 4 bridgehead atoms. The summed E-state index contributed by atoms with van der Waals surface area (Å²) in [6.07, 6.45) is 6.80. The van der Waals surface area contributed by atoms with Crippen LogP contribution < -0.4 is 4.90 Å². The second-order valence-electron chi connectivity index (χ2n) is 19.7. The number of para-hydroxylation sites is 2. The molecule has 0 radical (unpaired) electrons. The van der Waals surface area contributed by atoms with E-state index >= 15 is 0 Å². The molecule has 2 heteroatoms. The summed E-state index contributed by atoms with van der Waals surface area (Å²) < 4.78 is 2.42. The first-order valence-corrected chi connectivity index (χ1v) is 23.9. The molecule has 0 amide bonds. The van der Waals surface area contributed by atoms with Crippen LogP contribution in [-0.4, -0.2) is 4.57 Å². The molecule has 312 valence electrons. The molecule has 0 unspecified atom stereocenters. The van der Waals surface area contributed by atoms with E-state index in [1.807, 2.05) is 0 Å². The van der Waals surface area contributed by atoms with Crippen LogP contribution in [0.25, 0.3) is 38.3 Å². The molecular weight excluding hydrogens is 785 g/mol. The molecule has 5 aliphatic rings. The number of benzene rings is 9. The van der Waals surface area contributed by atoms with Crippen molar-refractivity contribution >= 4 is 49.6 Å². The maximum absolute atomic E-state index is 2.63. The van der Waals surface area contributed by atoms with Crippen LogP contribution >= 0.6 is 0 Å². The van der Waals surface area contributed by atoms with Crippen molar-refractivity contribution in [2.75, 3.05) is 4.90 Å². The Hall–Kier alpha value is -7.16. The highest BCUT2D eigenvalue weighted by Crippen LogP contribution is 2.70. The van der Waals surface area contributed by atoms with E-state index in [2.05, 4.69) is 228 Å². The van der Waals surface area contributed by atoms with Gasteiger partial charge in [0.15, 0.2) is 0 Å². The molecule has 0 aliphatic heterocycles. The zero-order valence-electron chi connectivity index (χ0n) is 36.5. The molecule has 9 aromatic carbocycles. The molecule has 10 aromatic rings. The zero-order valence-corrected chi connectivity index (χ0v) is 36.5. The van der Waals surface area contributed by atoms with E-state index < -0.39 is 5.41 Å². The lowest BCUT2D eigenvalue weighted by Crippen LogP contribution is -2.59. The third-order valence-electron chi connectivity index (χ3n) is 16.7. The fourth-order valence-corrected chi connectivity index (χ4v) is 14.5. The first-order valence-electron chi connectivity index (χ1n) is 23.9. The standard InChI is InChI=1S/C63H50N2/c1-3-17-46(18-4-1)62(47-19-5-2-6-20-47)56-23-11-12-24-57(56)63(48-36-42-35-43(38-48)39-49(63)37-42)58-34-33-53(41-59(58)62)64(52-28-27-44-15-7-8-16-45(44)40-52)50-29-31-51(32-30-50)65-60-25-13-9-21-54(60)55-22-10-14-26-61(55)65/h1-34,40-43,48-49H,35-39H2. The van der Waals surface area contributed by atoms with Gasteiger partial charge in [0.2, 0.25) is 0 Å². The minimum atomic E-state index is -0.528. The summed E-state index contributed by atoms with van der Waals surface area (Å²) in [5.41, 5.74) is 15.2. The molecule has 0 atom stereocenters. The fourth-order valence-electron chi connectivity index (χ4n) is 14.5. The van der Waals surface area contributed by atoms with Crippen LogP contribution in [0.1, 0.15) is 65.5 Å². The smallest absolute Gasteiger partial charge is 0.0708 e. The number of anilines is 3. The maximum Gasteiger partial charge on any atom is 0.0708 e. The van der Waals surface area contributed by atoms with Crippen LogP contribution in [0.15, 0.2) is 218 Å². The number of rotatable bonds is 6. The lowest BCUT2D eigenvalue weighted by molar-refractivity contribution is -0.0440. The highest BCUT2D eigenvalue weighted by Gasteiger charge is 2.63. The topological polar surface area (TPSA) is 8.17 Å². The fraction of sp³-hybridized carbons (Fsp3) is 0.175. The van der Waals surface area contributed by atoms with Crippen molar-refractivity contribution in [3.05, 3.63) is 252 Å². The highest BCUT2D eigenvalue weighted by molar-refractivity contribution is 6.09. The van der Waals surface area contributed by atoms with Crippen LogP contribution in [0.4, 0.5) is 17.1 Å². The average molecular weight is 835 g/mol. The van der Waals surface area contributed by atoms with Crippen LogP contribution in [0.3, 0.4) is 0 Å². The molecule has 4 fully saturated rings. The third kappa shape index (κ3) is 5.23. The van der Waals surface area contributed by atoms with E-state index in [0.717, 1.165) is 28.9 Å². The first kappa shape index (κ1) is 37.2. The zero-order chi connectivity index (χ0) is 42.7. The predicted molar refractivity (Wildman–Crippen MR) is 269 cm³/mol. The van der Waals surface area contributed by atoms with Gasteiger partial charge in [-0.1, -0.05) is 158 Å². The van der Waals surface area contributed by atoms with Crippen molar-refractivity contribution < 1.29 is 0 Å². The average Bonchev–Trinajstić information content (AvgIpc) is 3.70. The Morgan fingerprint density at radius 2 is 0.862 bits per heavy atom. The molecule has 4 saturated carbocycles. The Kier molecular flexibility index (Phi) is 8.12. The van der Waals surface area contributed by atoms with E-state index in [4.69, 9.17) is 0 Å². The van der Waals surface area contributed by atoms with E-state index in [-0.39, 0.29) is 5.41 Å². The molecule has 15 rings (SSSR count). The Balaban J connectivity index is 1.04. The molecular formula is C63H50N2. The maximum atomic E-state index is 2.63. The van der Waals surface area contributed by atoms with Gasteiger partial charge in [-0.15, -0.1) is 0 Å². The van der Waals surface area contributed by atoms with Gasteiger partial charge in [0.1, 0.15) is 0 Å². The molecule has 65 heavy (non-hydrogen) atoms. The number of hydrogen-bond acceptors (Lipinski definition) is 1. The van der Waals surface area contributed by atoms with Gasteiger partial charge >= 0.3 is 0 Å². The Morgan fingerprint density at radius 1 is 0.369 bits per heavy atom. The SMILES string of the molecule is c1ccc(C2(c3ccccc3)c3ccccc3C3(c4ccc(N(c5ccc(-n6c7ccccc7c7ccccc76)cc5)c5ccc6ccccc6c5)cc42)C2CC4CC(C2)CC3C4)cc1. The molecule has 0 saturated heterocycles. The summed E-state index contributed by atoms with van der Waals surface area (Å²) in [5.74, 6) is 3.00. The summed E-state index contributed by atoms with van der Waals surface area (Å²) in [7, 11) is 0. The normalized spacial score (nSPS) is 22.3. The summed E-state index contributed by atoms with van der Waals surface area (Å²) in [6.45, 7) is 0. The van der Waals surface area contributed by atoms with Crippen LogP contribution in [0.2, 0.25) is 0 Å². The monoisotopic (exact) mass is 834 g/mol. The summed E-state index contributed by atoms with van der Waals surface area (Å²) >= 11 is 0. The van der Waals surface area contributed by atoms with Crippen LogP contribution in [0.5, 0.6) is 0 Å². The van der Waals surface area contributed by atoms with Gasteiger partial charge in [-0.3, -0.25) is 0 Å². The van der Waals surface area contributed by atoms with Crippen molar-refractivity contribution in [3.63, 3.8) is 0 Å². The third-order valence-corrected chi connectivity index (χ3v) is 16.7. The lowest BCUT2D eigenvalue weighted by Gasteiger charge is -2.65. The van der Waals surface area contributed by atoms with Crippen molar-refractivity contribution in [1.82, 2.24) is 4.57 Å². The van der Waals surface area contributed by atoms with Gasteiger partial charge in [-0.2, -0.15) is 0 Å². The Labute approximate surface area is 381 Å². The van der Waals surface area contributed by atoms with Crippen molar-refractivity contribution in [2.24, 2.45) is 23.7 Å². The quantitative estimate of drug-likeness (QED) is 0.162. The van der Waals surface area contributed by atoms with Crippen molar-refractivity contribution in [3.8, 4) is 5.69 Å². The van der Waals surface area contributed by atoms with E-state index in [1.54, 1.807) is 11.1 Å². The minimum Gasteiger partial charge on any atom is -0.310 e. The molecule has 5 aliphatic carbocycles. The number of aromatic nitrogens is 1. The van der Waals surface area contributed by atoms with E-state index in [9.17, 15) is 0 Å². The van der Waals surface area contributed by atoms with Crippen molar-refractivity contribution in [1.29, 1.82) is 0 Å². The van der Waals surface area contributed by atoms with Gasteiger partial charge in [0, 0.05) is 38.9 Å². The second kappa shape index (κ2) is 14.2. The predicted octanol–water partition coefficient (Wildman–Crippen LogP) is 15.8. The Bertz CT molecular complexity index is 3330. The second-order valence-corrected chi connectivity index (χ2v) is 19.7. The largest absolute Gasteiger partial charge is 0.310 e. The molecule has 1 aromatic heterocycles. The van der Waals surface area contributed by atoms with Gasteiger partial charge < -0.3 is 9.47 Å². The first-order chi connectivity index (χ1) is 32.2. The molecule has 1 spiro atoms. The number of hydrogen-bond donors (Lipinski definition) is 0. The lowest BCUT2D eigenvalue weighted by atomic mass is 9.38. The van der Waals surface area contributed by atoms with Gasteiger partial charge in [0.05, 0.1) is 16.4 Å². The van der Waals surface area contributed by atoms with Crippen molar-refractivity contribution in [2.45, 2.75) is 42.9 Å². The minimum absolute atomic E-state index is 0.0251. The summed E-state index contributed by atoms with van der Waals surface area (Å²) in [5, 5.41) is 5.03.